The molecule has 0 rings (SSSR count). The van der Waals surface area contributed by atoms with Gasteiger partial charge in [0.15, 0.2) is 0 Å². The predicted molar refractivity (Wildman–Crippen MR) is 90.0 cm³/mol. The van der Waals surface area contributed by atoms with Crippen LogP contribution in [-0.4, -0.2) is 37.9 Å². The van der Waals surface area contributed by atoms with Crippen molar-refractivity contribution in [3.8, 4) is 0 Å². The van der Waals surface area contributed by atoms with E-state index in [4.69, 9.17) is 14.2 Å². The van der Waals surface area contributed by atoms with Gasteiger partial charge in [-0.2, -0.15) is 0 Å². The Morgan fingerprint density at radius 1 is 0.957 bits per heavy atom. The van der Waals surface area contributed by atoms with Crippen LogP contribution in [0, 0.1) is 0 Å². The Morgan fingerprint density at radius 2 is 1.61 bits per heavy atom. The van der Waals surface area contributed by atoms with Gasteiger partial charge in [0.05, 0.1) is 0 Å². The molecule has 0 N–H and O–H groups in total. The molecule has 5 heteroatoms. The largest absolute Gasteiger partial charge is 0.459 e. The van der Waals surface area contributed by atoms with Gasteiger partial charge in [0.25, 0.3) is 0 Å². The monoisotopic (exact) mass is 326 g/mol. The summed E-state index contributed by atoms with van der Waals surface area (Å²) in [6.45, 7) is 10.4. The number of esters is 2. The van der Waals surface area contributed by atoms with Crippen LogP contribution in [0.1, 0.15) is 51.9 Å². The summed E-state index contributed by atoms with van der Waals surface area (Å²) in [7, 11) is 0. The second-order valence-electron chi connectivity index (χ2n) is 5.27. The highest BCUT2D eigenvalue weighted by atomic mass is 16.6. The fourth-order valence-corrected chi connectivity index (χ4v) is 1.93. The van der Waals surface area contributed by atoms with E-state index >= 15 is 0 Å². The SMILES string of the molecule is C=CC(=O)OCC(CCCCOCCCCCC)OC(=O)C=C. The molecule has 0 aliphatic carbocycles. The molecule has 0 bridgehead atoms. The lowest BCUT2D eigenvalue weighted by molar-refractivity contribution is -0.153. The highest BCUT2D eigenvalue weighted by molar-refractivity contribution is 5.82. The van der Waals surface area contributed by atoms with Gasteiger partial charge in [0, 0.05) is 25.4 Å². The van der Waals surface area contributed by atoms with Gasteiger partial charge in [-0.05, 0) is 25.7 Å². The van der Waals surface area contributed by atoms with Crippen molar-refractivity contribution >= 4 is 11.9 Å². The van der Waals surface area contributed by atoms with Crippen LogP contribution in [0.5, 0.6) is 0 Å². The zero-order valence-electron chi connectivity index (χ0n) is 14.3. The minimum absolute atomic E-state index is 0.0301. The van der Waals surface area contributed by atoms with Crippen molar-refractivity contribution in [2.45, 2.75) is 58.0 Å². The average molecular weight is 326 g/mol. The highest BCUT2D eigenvalue weighted by Crippen LogP contribution is 2.08. The molecule has 0 aliphatic heterocycles. The van der Waals surface area contributed by atoms with Crippen LogP contribution in [0.3, 0.4) is 0 Å². The Kier molecular flexibility index (Phi) is 14.2. The fraction of sp³-hybridized carbons (Fsp3) is 0.667. The average Bonchev–Trinajstić information content (AvgIpc) is 2.57. The molecule has 0 saturated heterocycles. The van der Waals surface area contributed by atoms with Crippen molar-refractivity contribution in [2.75, 3.05) is 19.8 Å². The molecular weight excluding hydrogens is 296 g/mol. The summed E-state index contributed by atoms with van der Waals surface area (Å²) in [4.78, 5) is 22.3. The third kappa shape index (κ3) is 13.7. The van der Waals surface area contributed by atoms with Crippen LogP contribution in [0.2, 0.25) is 0 Å². The van der Waals surface area contributed by atoms with Gasteiger partial charge in [-0.15, -0.1) is 0 Å². The lowest BCUT2D eigenvalue weighted by Crippen LogP contribution is -2.24. The van der Waals surface area contributed by atoms with E-state index in [2.05, 4.69) is 20.1 Å². The molecule has 132 valence electrons. The topological polar surface area (TPSA) is 61.8 Å². The summed E-state index contributed by atoms with van der Waals surface area (Å²) >= 11 is 0. The van der Waals surface area contributed by atoms with Gasteiger partial charge in [0.1, 0.15) is 12.7 Å². The second kappa shape index (κ2) is 15.3. The van der Waals surface area contributed by atoms with Crippen LogP contribution in [-0.2, 0) is 23.8 Å². The third-order valence-corrected chi connectivity index (χ3v) is 3.23. The van der Waals surface area contributed by atoms with Crippen LogP contribution in [0.4, 0.5) is 0 Å². The molecule has 0 aromatic rings. The van der Waals surface area contributed by atoms with Crippen molar-refractivity contribution in [3.63, 3.8) is 0 Å². The minimum atomic E-state index is -0.528. The van der Waals surface area contributed by atoms with E-state index in [1.54, 1.807) is 0 Å². The number of carbonyl (C=O) groups is 2. The Labute approximate surface area is 139 Å². The Morgan fingerprint density at radius 3 is 2.22 bits per heavy atom. The van der Waals surface area contributed by atoms with E-state index in [1.807, 2.05) is 0 Å². The quantitative estimate of drug-likeness (QED) is 0.261. The lowest BCUT2D eigenvalue weighted by Gasteiger charge is -2.16. The summed E-state index contributed by atoms with van der Waals surface area (Å²) in [5.74, 6) is -1.04. The first-order chi connectivity index (χ1) is 11.1. The number of unbranched alkanes of at least 4 members (excludes halogenated alkanes) is 4. The van der Waals surface area contributed by atoms with Crippen LogP contribution < -0.4 is 0 Å². The molecule has 0 amide bonds. The van der Waals surface area contributed by atoms with Crippen molar-refractivity contribution < 1.29 is 23.8 Å². The van der Waals surface area contributed by atoms with E-state index in [0.29, 0.717) is 13.0 Å². The molecular formula is C18H30O5. The summed E-state index contributed by atoms with van der Waals surface area (Å²) in [6, 6.07) is 0. The molecule has 0 aromatic carbocycles. The van der Waals surface area contributed by atoms with Gasteiger partial charge in [-0.3, -0.25) is 0 Å². The van der Waals surface area contributed by atoms with Crippen LogP contribution in [0.15, 0.2) is 25.3 Å². The Bertz CT molecular complexity index is 351. The molecule has 0 aromatic heterocycles. The van der Waals surface area contributed by atoms with Crippen molar-refractivity contribution in [3.05, 3.63) is 25.3 Å². The van der Waals surface area contributed by atoms with Gasteiger partial charge < -0.3 is 14.2 Å². The maximum atomic E-state index is 11.3. The number of ether oxygens (including phenoxy) is 3. The Balaban J connectivity index is 3.81. The van der Waals surface area contributed by atoms with Crippen LogP contribution in [0.25, 0.3) is 0 Å². The first-order valence-electron chi connectivity index (χ1n) is 8.34. The van der Waals surface area contributed by atoms with Crippen molar-refractivity contribution in [1.29, 1.82) is 0 Å². The van der Waals surface area contributed by atoms with E-state index < -0.39 is 18.0 Å². The molecule has 0 radical (unpaired) electrons. The second-order valence-corrected chi connectivity index (χ2v) is 5.27. The number of carbonyl (C=O) groups excluding carboxylic acids is 2. The van der Waals surface area contributed by atoms with Crippen molar-refractivity contribution in [2.24, 2.45) is 0 Å². The minimum Gasteiger partial charge on any atom is -0.459 e. The fourth-order valence-electron chi connectivity index (χ4n) is 1.93. The smallest absolute Gasteiger partial charge is 0.330 e. The Hall–Kier alpha value is -1.62. The molecule has 0 aliphatic rings. The zero-order chi connectivity index (χ0) is 17.3. The predicted octanol–water partition coefficient (Wildman–Crippen LogP) is 3.58. The lowest BCUT2D eigenvalue weighted by atomic mass is 10.1. The molecule has 0 fully saturated rings. The summed E-state index contributed by atoms with van der Waals surface area (Å²) in [5.41, 5.74) is 0. The molecule has 0 heterocycles. The molecule has 1 unspecified atom stereocenters. The molecule has 1 atom stereocenters. The van der Waals surface area contributed by atoms with Gasteiger partial charge in [-0.25, -0.2) is 9.59 Å². The van der Waals surface area contributed by atoms with Crippen LogP contribution >= 0.6 is 0 Å². The van der Waals surface area contributed by atoms with E-state index in [-0.39, 0.29) is 6.61 Å². The van der Waals surface area contributed by atoms with E-state index in [9.17, 15) is 9.59 Å². The summed E-state index contributed by atoms with van der Waals surface area (Å²) in [6.07, 6.45) is 8.83. The maximum Gasteiger partial charge on any atom is 0.330 e. The molecule has 0 spiro atoms. The first-order valence-corrected chi connectivity index (χ1v) is 8.34. The number of rotatable bonds is 15. The molecule has 23 heavy (non-hydrogen) atoms. The highest BCUT2D eigenvalue weighted by Gasteiger charge is 2.14. The first kappa shape index (κ1) is 21.4. The van der Waals surface area contributed by atoms with Gasteiger partial charge in [-0.1, -0.05) is 39.3 Å². The normalized spacial score (nSPS) is 11.5. The summed E-state index contributed by atoms with van der Waals surface area (Å²) in [5, 5.41) is 0. The third-order valence-electron chi connectivity index (χ3n) is 3.23. The maximum absolute atomic E-state index is 11.3. The molecule has 0 saturated carbocycles. The van der Waals surface area contributed by atoms with Gasteiger partial charge >= 0.3 is 11.9 Å². The standard InChI is InChI=1S/C18H30O5/c1-4-7-8-10-13-21-14-11-9-12-16(23-18(20)6-3)15-22-17(19)5-2/h5-6,16H,2-4,7-15H2,1H3. The van der Waals surface area contributed by atoms with E-state index in [1.165, 1.54) is 19.3 Å². The molecule has 5 nitrogen and oxygen atoms in total. The van der Waals surface area contributed by atoms with Gasteiger partial charge in [0.2, 0.25) is 0 Å². The number of hydrogen-bond donors (Lipinski definition) is 0. The zero-order valence-corrected chi connectivity index (χ0v) is 14.3. The number of hydrogen-bond acceptors (Lipinski definition) is 5. The van der Waals surface area contributed by atoms with Crippen molar-refractivity contribution in [1.82, 2.24) is 0 Å². The van der Waals surface area contributed by atoms with E-state index in [0.717, 1.165) is 38.0 Å². The summed E-state index contributed by atoms with van der Waals surface area (Å²) < 4.78 is 15.6.